The van der Waals surface area contributed by atoms with Crippen molar-refractivity contribution in [2.24, 2.45) is 0 Å². The van der Waals surface area contributed by atoms with Crippen LogP contribution in [-0.2, 0) is 9.53 Å². The maximum Gasteiger partial charge on any atom is 0.262 e. The highest BCUT2D eigenvalue weighted by Gasteiger charge is 2.18. The molecule has 2 aromatic rings. The standard InChI is InChI=1S/C19H19ClN2O4/c20-16-3-1-2-4-17(16)21-18(23)13-26-15-7-5-14(6-8-15)19(24)22-9-11-25-12-10-22/h1-8H,9-13H2,(H,21,23). The minimum absolute atomic E-state index is 0.0312. The molecule has 2 amide bonds. The summed E-state index contributed by atoms with van der Waals surface area (Å²) in [6.07, 6.45) is 0. The molecular weight excluding hydrogens is 356 g/mol. The highest BCUT2D eigenvalue weighted by molar-refractivity contribution is 6.33. The van der Waals surface area contributed by atoms with Crippen LogP contribution in [0.15, 0.2) is 48.5 Å². The molecule has 7 heteroatoms. The van der Waals surface area contributed by atoms with E-state index in [9.17, 15) is 9.59 Å². The predicted molar refractivity (Wildman–Crippen MR) is 98.7 cm³/mol. The summed E-state index contributed by atoms with van der Waals surface area (Å²) in [7, 11) is 0. The van der Waals surface area contributed by atoms with Crippen molar-refractivity contribution in [3.05, 3.63) is 59.1 Å². The average Bonchev–Trinajstić information content (AvgIpc) is 2.69. The number of para-hydroxylation sites is 1. The Morgan fingerprint density at radius 2 is 1.77 bits per heavy atom. The Morgan fingerprint density at radius 3 is 2.46 bits per heavy atom. The molecule has 0 aliphatic carbocycles. The maximum atomic E-state index is 12.4. The molecule has 0 aromatic heterocycles. The van der Waals surface area contributed by atoms with E-state index in [1.54, 1.807) is 53.4 Å². The van der Waals surface area contributed by atoms with E-state index in [1.807, 2.05) is 0 Å². The van der Waals surface area contributed by atoms with Gasteiger partial charge in [-0.1, -0.05) is 23.7 Å². The Hall–Kier alpha value is -2.57. The first kappa shape index (κ1) is 18.2. The van der Waals surface area contributed by atoms with Gasteiger partial charge < -0.3 is 19.7 Å². The second-order valence-corrected chi connectivity index (χ2v) is 6.15. The van der Waals surface area contributed by atoms with E-state index in [-0.39, 0.29) is 18.4 Å². The molecule has 1 aliphatic heterocycles. The predicted octanol–water partition coefficient (Wildman–Crippen LogP) is 2.83. The van der Waals surface area contributed by atoms with Crippen molar-refractivity contribution in [3.8, 4) is 5.75 Å². The van der Waals surface area contributed by atoms with E-state index >= 15 is 0 Å². The van der Waals surface area contributed by atoms with Crippen LogP contribution in [0, 0.1) is 0 Å². The topological polar surface area (TPSA) is 67.9 Å². The normalized spacial score (nSPS) is 14.0. The molecule has 1 heterocycles. The summed E-state index contributed by atoms with van der Waals surface area (Å²) >= 11 is 6.00. The summed E-state index contributed by atoms with van der Waals surface area (Å²) in [4.78, 5) is 26.1. The van der Waals surface area contributed by atoms with Gasteiger partial charge in [0.1, 0.15) is 5.75 Å². The molecule has 0 saturated carbocycles. The van der Waals surface area contributed by atoms with Crippen molar-refractivity contribution in [1.82, 2.24) is 4.90 Å². The Morgan fingerprint density at radius 1 is 1.08 bits per heavy atom. The number of anilines is 1. The molecule has 6 nitrogen and oxygen atoms in total. The van der Waals surface area contributed by atoms with E-state index in [2.05, 4.69) is 5.32 Å². The third-order valence-electron chi connectivity index (χ3n) is 3.92. The van der Waals surface area contributed by atoms with Crippen LogP contribution in [0.2, 0.25) is 5.02 Å². The highest BCUT2D eigenvalue weighted by atomic mass is 35.5. The van der Waals surface area contributed by atoms with Gasteiger partial charge in [-0.25, -0.2) is 0 Å². The van der Waals surface area contributed by atoms with Crippen molar-refractivity contribution in [1.29, 1.82) is 0 Å². The number of amides is 2. The Balaban J connectivity index is 1.52. The zero-order valence-corrected chi connectivity index (χ0v) is 14.9. The number of rotatable bonds is 5. The lowest BCUT2D eigenvalue weighted by atomic mass is 10.2. The van der Waals surface area contributed by atoms with Crippen molar-refractivity contribution in [2.45, 2.75) is 0 Å². The smallest absolute Gasteiger partial charge is 0.262 e. The molecule has 0 bridgehead atoms. The maximum absolute atomic E-state index is 12.4. The van der Waals surface area contributed by atoms with E-state index in [1.165, 1.54) is 0 Å². The van der Waals surface area contributed by atoms with Crippen LogP contribution >= 0.6 is 11.6 Å². The van der Waals surface area contributed by atoms with Crippen molar-refractivity contribution in [2.75, 3.05) is 38.2 Å². The number of morpholine rings is 1. The number of nitrogens with one attached hydrogen (secondary N) is 1. The number of benzene rings is 2. The fourth-order valence-electron chi connectivity index (χ4n) is 2.54. The van der Waals surface area contributed by atoms with E-state index < -0.39 is 0 Å². The molecule has 1 fully saturated rings. The summed E-state index contributed by atoms with van der Waals surface area (Å²) in [5.74, 6) is 0.167. The van der Waals surface area contributed by atoms with Crippen molar-refractivity contribution < 1.29 is 19.1 Å². The summed E-state index contributed by atoms with van der Waals surface area (Å²) in [5, 5.41) is 3.15. The van der Waals surface area contributed by atoms with E-state index in [0.717, 1.165) is 0 Å². The Labute approximate surface area is 156 Å². The highest BCUT2D eigenvalue weighted by Crippen LogP contribution is 2.20. The van der Waals surface area contributed by atoms with Gasteiger partial charge in [-0.15, -0.1) is 0 Å². The lowest BCUT2D eigenvalue weighted by molar-refractivity contribution is -0.118. The summed E-state index contributed by atoms with van der Waals surface area (Å²) < 4.78 is 10.7. The molecule has 1 saturated heterocycles. The van der Waals surface area contributed by atoms with Gasteiger partial charge in [-0.05, 0) is 36.4 Å². The van der Waals surface area contributed by atoms with Gasteiger partial charge in [-0.2, -0.15) is 0 Å². The zero-order chi connectivity index (χ0) is 18.4. The summed E-state index contributed by atoms with van der Waals surface area (Å²) in [6.45, 7) is 2.17. The van der Waals surface area contributed by atoms with Crippen molar-refractivity contribution in [3.63, 3.8) is 0 Å². The van der Waals surface area contributed by atoms with Crippen LogP contribution in [0.25, 0.3) is 0 Å². The van der Waals surface area contributed by atoms with Crippen molar-refractivity contribution >= 4 is 29.1 Å². The third-order valence-corrected chi connectivity index (χ3v) is 4.25. The van der Waals surface area contributed by atoms with E-state index in [0.29, 0.717) is 48.3 Å². The molecule has 1 N–H and O–H groups in total. The minimum Gasteiger partial charge on any atom is -0.484 e. The molecule has 3 rings (SSSR count). The number of hydrogen-bond donors (Lipinski definition) is 1. The fraction of sp³-hybridized carbons (Fsp3) is 0.263. The first-order chi connectivity index (χ1) is 12.6. The second kappa shape index (κ2) is 8.69. The molecule has 1 aliphatic rings. The molecule has 0 unspecified atom stereocenters. The first-order valence-electron chi connectivity index (χ1n) is 8.28. The number of ether oxygens (including phenoxy) is 2. The van der Waals surface area contributed by atoms with Crippen LogP contribution in [0.5, 0.6) is 5.75 Å². The Bertz CT molecular complexity index is 773. The number of nitrogens with zero attached hydrogens (tertiary/aromatic N) is 1. The zero-order valence-electron chi connectivity index (χ0n) is 14.1. The van der Waals surface area contributed by atoms with Gasteiger partial charge in [0.05, 0.1) is 23.9 Å². The van der Waals surface area contributed by atoms with Gasteiger partial charge in [-0.3, -0.25) is 9.59 Å². The summed E-state index contributed by atoms with van der Waals surface area (Å²) in [6, 6.07) is 13.7. The van der Waals surface area contributed by atoms with Gasteiger partial charge in [0.15, 0.2) is 6.61 Å². The van der Waals surface area contributed by atoms with Crippen LogP contribution in [0.4, 0.5) is 5.69 Å². The average molecular weight is 375 g/mol. The van der Waals surface area contributed by atoms with E-state index in [4.69, 9.17) is 21.1 Å². The molecule has 2 aromatic carbocycles. The van der Waals surface area contributed by atoms with Crippen LogP contribution in [0.3, 0.4) is 0 Å². The molecule has 0 atom stereocenters. The van der Waals surface area contributed by atoms with Crippen LogP contribution in [0.1, 0.15) is 10.4 Å². The van der Waals surface area contributed by atoms with Gasteiger partial charge >= 0.3 is 0 Å². The third kappa shape index (κ3) is 4.74. The molecule has 0 spiro atoms. The summed E-state index contributed by atoms with van der Waals surface area (Å²) in [5.41, 5.74) is 1.12. The lowest BCUT2D eigenvalue weighted by Crippen LogP contribution is -2.40. The van der Waals surface area contributed by atoms with Gasteiger partial charge in [0, 0.05) is 18.7 Å². The largest absolute Gasteiger partial charge is 0.484 e. The Kier molecular flexibility index (Phi) is 6.09. The van der Waals surface area contributed by atoms with Crippen LogP contribution < -0.4 is 10.1 Å². The minimum atomic E-state index is -0.313. The number of halogens is 1. The quantitative estimate of drug-likeness (QED) is 0.873. The van der Waals surface area contributed by atoms with Crippen LogP contribution in [-0.4, -0.2) is 49.6 Å². The SMILES string of the molecule is O=C(COc1ccc(C(=O)N2CCOCC2)cc1)Nc1ccccc1Cl. The first-order valence-corrected chi connectivity index (χ1v) is 8.65. The number of carbonyl (C=O) groups is 2. The monoisotopic (exact) mass is 374 g/mol. The van der Waals surface area contributed by atoms with Gasteiger partial charge in [0.25, 0.3) is 11.8 Å². The fourth-order valence-corrected chi connectivity index (χ4v) is 2.72. The molecular formula is C19H19ClN2O4. The lowest BCUT2D eigenvalue weighted by Gasteiger charge is -2.26. The number of carbonyl (C=O) groups excluding carboxylic acids is 2. The number of hydrogen-bond acceptors (Lipinski definition) is 4. The molecule has 136 valence electrons. The van der Waals surface area contributed by atoms with Gasteiger partial charge in [0.2, 0.25) is 0 Å². The molecule has 0 radical (unpaired) electrons. The molecule has 26 heavy (non-hydrogen) atoms. The second-order valence-electron chi connectivity index (χ2n) is 5.75.